The van der Waals surface area contributed by atoms with Gasteiger partial charge in [-0.25, -0.2) is 4.98 Å². The fourth-order valence-corrected chi connectivity index (χ4v) is 2.54. The number of halogens is 1. The van der Waals surface area contributed by atoms with Crippen LogP contribution in [0.4, 0.5) is 5.82 Å². The van der Waals surface area contributed by atoms with E-state index in [9.17, 15) is 0 Å². The lowest BCUT2D eigenvalue weighted by Crippen LogP contribution is -2.27. The molecule has 0 bridgehead atoms. The maximum absolute atomic E-state index is 9.00. The molecule has 0 aliphatic heterocycles. The van der Waals surface area contributed by atoms with Crippen LogP contribution in [0.3, 0.4) is 0 Å². The van der Waals surface area contributed by atoms with Gasteiger partial charge in [0.25, 0.3) is 0 Å². The van der Waals surface area contributed by atoms with Crippen LogP contribution in [-0.4, -0.2) is 30.5 Å². The summed E-state index contributed by atoms with van der Waals surface area (Å²) in [7, 11) is 4.10. The molecule has 2 rings (SSSR count). The van der Waals surface area contributed by atoms with Crippen LogP contribution < -0.4 is 5.32 Å². The molecule has 0 amide bonds. The number of pyridine rings is 1. The van der Waals surface area contributed by atoms with E-state index in [2.05, 4.69) is 60.5 Å². The number of rotatable bonds is 6. The molecule has 120 valence electrons. The van der Waals surface area contributed by atoms with E-state index in [1.54, 1.807) is 12.1 Å². The number of hydrogen-bond donors (Lipinski definition) is 1. The highest BCUT2D eigenvalue weighted by Crippen LogP contribution is 2.21. The van der Waals surface area contributed by atoms with Crippen molar-refractivity contribution in [2.45, 2.75) is 19.4 Å². The number of aromatic nitrogens is 1. The standard InChI is InChI=1S/C18H21ClN4/c1-4-13-5-7-14(8-6-13)17(23(2)3)12-21-18-10-9-15(19)16(11-20)22-18/h5-10,17H,4,12H2,1-3H3,(H,21,22). The Hall–Kier alpha value is -2.09. The molecule has 1 unspecified atom stereocenters. The molecule has 1 atom stereocenters. The molecule has 0 aliphatic rings. The van der Waals surface area contributed by atoms with Crippen LogP contribution in [0.2, 0.25) is 5.02 Å². The topological polar surface area (TPSA) is 52.0 Å². The third-order valence-corrected chi connectivity index (χ3v) is 4.13. The van der Waals surface area contributed by atoms with Crippen molar-refractivity contribution >= 4 is 17.4 Å². The average molecular weight is 329 g/mol. The third kappa shape index (κ3) is 4.44. The Balaban J connectivity index is 2.12. The molecule has 5 heteroatoms. The van der Waals surface area contributed by atoms with Gasteiger partial charge in [0, 0.05) is 6.54 Å². The number of aryl methyl sites for hydroxylation is 1. The summed E-state index contributed by atoms with van der Waals surface area (Å²) >= 11 is 5.91. The zero-order chi connectivity index (χ0) is 16.8. The van der Waals surface area contributed by atoms with Crippen LogP contribution in [0, 0.1) is 11.3 Å². The zero-order valence-electron chi connectivity index (χ0n) is 13.7. The Morgan fingerprint density at radius 1 is 1.22 bits per heavy atom. The van der Waals surface area contributed by atoms with Crippen LogP contribution >= 0.6 is 11.6 Å². The lowest BCUT2D eigenvalue weighted by Gasteiger charge is -2.25. The predicted molar refractivity (Wildman–Crippen MR) is 94.7 cm³/mol. The Morgan fingerprint density at radius 2 is 1.91 bits per heavy atom. The summed E-state index contributed by atoms with van der Waals surface area (Å²) < 4.78 is 0. The number of nitrogens with one attached hydrogen (secondary N) is 1. The molecule has 1 aromatic heterocycles. The molecule has 0 saturated heterocycles. The lowest BCUT2D eigenvalue weighted by molar-refractivity contribution is 0.311. The van der Waals surface area contributed by atoms with Gasteiger partial charge in [-0.3, -0.25) is 0 Å². The summed E-state index contributed by atoms with van der Waals surface area (Å²) in [6.07, 6.45) is 1.04. The second kappa shape index (κ2) is 7.96. The van der Waals surface area contributed by atoms with Gasteiger partial charge < -0.3 is 10.2 Å². The van der Waals surface area contributed by atoms with Crippen molar-refractivity contribution in [3.05, 3.63) is 58.2 Å². The molecule has 1 N–H and O–H groups in total. The molecule has 2 aromatic rings. The molecule has 1 aromatic carbocycles. The Labute approximate surface area is 142 Å². The largest absolute Gasteiger partial charge is 0.368 e. The van der Waals surface area contributed by atoms with Crippen LogP contribution in [0.25, 0.3) is 0 Å². The van der Waals surface area contributed by atoms with Crippen molar-refractivity contribution in [1.82, 2.24) is 9.88 Å². The molecular weight excluding hydrogens is 308 g/mol. The van der Waals surface area contributed by atoms with Gasteiger partial charge >= 0.3 is 0 Å². The SMILES string of the molecule is CCc1ccc(C(CNc2ccc(Cl)c(C#N)n2)N(C)C)cc1. The third-order valence-electron chi connectivity index (χ3n) is 3.82. The first-order valence-electron chi connectivity index (χ1n) is 7.61. The van der Waals surface area contributed by atoms with E-state index in [1.807, 2.05) is 6.07 Å². The highest BCUT2D eigenvalue weighted by Gasteiger charge is 2.14. The second-order valence-electron chi connectivity index (χ2n) is 5.59. The lowest BCUT2D eigenvalue weighted by atomic mass is 10.0. The molecule has 4 nitrogen and oxygen atoms in total. The van der Waals surface area contributed by atoms with E-state index in [0.717, 1.165) is 6.42 Å². The first-order valence-corrected chi connectivity index (χ1v) is 7.98. The number of anilines is 1. The molecule has 0 fully saturated rings. The van der Waals surface area contributed by atoms with Gasteiger partial charge in [-0.1, -0.05) is 42.8 Å². The number of hydrogen-bond acceptors (Lipinski definition) is 4. The number of nitrogens with zero attached hydrogens (tertiary/aromatic N) is 3. The van der Waals surface area contributed by atoms with Crippen LogP contribution in [-0.2, 0) is 6.42 Å². The maximum atomic E-state index is 9.00. The van der Waals surface area contributed by atoms with Gasteiger partial charge in [-0.05, 0) is 43.8 Å². The van der Waals surface area contributed by atoms with Gasteiger partial charge in [-0.2, -0.15) is 5.26 Å². The first kappa shape index (κ1) is 17.3. The van der Waals surface area contributed by atoms with E-state index < -0.39 is 0 Å². The second-order valence-corrected chi connectivity index (χ2v) is 6.00. The predicted octanol–water partition coefficient (Wildman–Crippen LogP) is 3.88. The van der Waals surface area contributed by atoms with E-state index in [4.69, 9.17) is 16.9 Å². The normalized spacial score (nSPS) is 12.0. The minimum Gasteiger partial charge on any atom is -0.368 e. The average Bonchev–Trinajstić information content (AvgIpc) is 2.56. The summed E-state index contributed by atoms with van der Waals surface area (Å²) in [6, 6.07) is 14.4. The molecule has 0 radical (unpaired) electrons. The van der Waals surface area contributed by atoms with Gasteiger partial charge in [-0.15, -0.1) is 0 Å². The minimum atomic E-state index is 0.212. The molecule has 0 spiro atoms. The monoisotopic (exact) mass is 328 g/mol. The summed E-state index contributed by atoms with van der Waals surface area (Å²) in [6.45, 7) is 2.84. The highest BCUT2D eigenvalue weighted by atomic mass is 35.5. The fraction of sp³-hybridized carbons (Fsp3) is 0.333. The van der Waals surface area contributed by atoms with Crippen LogP contribution in [0.15, 0.2) is 36.4 Å². The summed E-state index contributed by atoms with van der Waals surface area (Å²) in [4.78, 5) is 6.38. The molecular formula is C18H21ClN4. The quantitative estimate of drug-likeness (QED) is 0.874. The summed E-state index contributed by atoms with van der Waals surface area (Å²) in [5.74, 6) is 0.656. The van der Waals surface area contributed by atoms with Crippen molar-refractivity contribution in [2.75, 3.05) is 26.0 Å². The van der Waals surface area contributed by atoms with Crippen LogP contribution in [0.1, 0.15) is 29.8 Å². The fourth-order valence-electron chi connectivity index (χ4n) is 2.39. The van der Waals surface area contributed by atoms with Crippen molar-refractivity contribution in [2.24, 2.45) is 0 Å². The van der Waals surface area contributed by atoms with Gasteiger partial charge in [0.05, 0.1) is 11.1 Å². The van der Waals surface area contributed by atoms with Crippen LogP contribution in [0.5, 0.6) is 0 Å². The summed E-state index contributed by atoms with van der Waals surface area (Å²) in [5, 5.41) is 12.7. The molecule has 23 heavy (non-hydrogen) atoms. The first-order chi connectivity index (χ1) is 11.0. The number of benzene rings is 1. The van der Waals surface area contributed by atoms with Gasteiger partial charge in [0.1, 0.15) is 11.9 Å². The van der Waals surface area contributed by atoms with Gasteiger partial charge in [0.15, 0.2) is 5.69 Å². The summed E-state index contributed by atoms with van der Waals surface area (Å²) in [5.41, 5.74) is 2.82. The maximum Gasteiger partial charge on any atom is 0.161 e. The van der Waals surface area contributed by atoms with E-state index in [-0.39, 0.29) is 11.7 Å². The minimum absolute atomic E-state index is 0.212. The zero-order valence-corrected chi connectivity index (χ0v) is 14.4. The number of nitriles is 1. The Kier molecular flexibility index (Phi) is 5.97. The highest BCUT2D eigenvalue weighted by molar-refractivity contribution is 6.31. The Bertz CT molecular complexity index is 689. The van der Waals surface area contributed by atoms with E-state index in [1.165, 1.54) is 11.1 Å². The number of likely N-dealkylation sites (N-methyl/N-ethyl adjacent to an activating group) is 1. The van der Waals surface area contributed by atoms with Gasteiger partial charge in [0.2, 0.25) is 0 Å². The molecule has 1 heterocycles. The van der Waals surface area contributed by atoms with Crippen molar-refractivity contribution in [3.8, 4) is 6.07 Å². The van der Waals surface area contributed by atoms with Crippen molar-refractivity contribution < 1.29 is 0 Å². The van der Waals surface area contributed by atoms with Crippen molar-refractivity contribution in [3.63, 3.8) is 0 Å². The Morgan fingerprint density at radius 3 is 2.48 bits per heavy atom. The molecule has 0 saturated carbocycles. The van der Waals surface area contributed by atoms with E-state index >= 15 is 0 Å². The van der Waals surface area contributed by atoms with E-state index in [0.29, 0.717) is 17.4 Å². The van der Waals surface area contributed by atoms with Crippen molar-refractivity contribution in [1.29, 1.82) is 5.26 Å². The molecule has 0 aliphatic carbocycles. The smallest absolute Gasteiger partial charge is 0.161 e.